The van der Waals surface area contributed by atoms with Gasteiger partial charge >= 0.3 is 0 Å². The van der Waals surface area contributed by atoms with Crippen molar-refractivity contribution >= 4 is 41.5 Å². The summed E-state index contributed by atoms with van der Waals surface area (Å²) in [5.74, 6) is 0.866. The van der Waals surface area contributed by atoms with Gasteiger partial charge in [-0.1, -0.05) is 0 Å². The summed E-state index contributed by atoms with van der Waals surface area (Å²) in [6, 6.07) is 10.7. The number of hydrogen-bond acceptors (Lipinski definition) is 4. The molecule has 0 atom stereocenters. The van der Waals surface area contributed by atoms with Crippen molar-refractivity contribution in [2.24, 2.45) is 10.7 Å². The van der Waals surface area contributed by atoms with E-state index in [1.54, 1.807) is 25.4 Å². The van der Waals surface area contributed by atoms with Crippen LogP contribution < -0.4 is 21.1 Å². The number of carbonyl (C=O) groups is 1. The zero-order valence-corrected chi connectivity index (χ0v) is 15.6. The number of aliphatic imine (C=N–C) groups is 1. The molecular formula is C16H20IN5O2. The van der Waals surface area contributed by atoms with Gasteiger partial charge in [-0.15, -0.1) is 24.0 Å². The summed E-state index contributed by atoms with van der Waals surface area (Å²) in [6.07, 6.45) is 3.13. The second kappa shape index (κ2) is 10.4. The van der Waals surface area contributed by atoms with Crippen LogP contribution in [0.15, 0.2) is 53.8 Å². The number of nitrogens with zero attached hydrogens (tertiary/aromatic N) is 2. The molecule has 1 aromatic heterocycles. The van der Waals surface area contributed by atoms with Crippen LogP contribution in [0.25, 0.3) is 0 Å². The number of rotatable bonds is 6. The lowest BCUT2D eigenvalue weighted by molar-refractivity contribution is 0.0954. The number of benzene rings is 1. The topological polar surface area (TPSA) is 102 Å². The van der Waals surface area contributed by atoms with Crippen LogP contribution in [0.5, 0.6) is 5.75 Å². The minimum absolute atomic E-state index is 0. The molecule has 0 saturated carbocycles. The number of aromatic nitrogens is 1. The second-order valence-corrected chi connectivity index (χ2v) is 4.62. The van der Waals surface area contributed by atoms with Crippen LogP contribution in [-0.2, 0) is 0 Å². The average Bonchev–Trinajstić information content (AvgIpc) is 2.60. The second-order valence-electron chi connectivity index (χ2n) is 4.62. The van der Waals surface area contributed by atoms with Crippen LogP contribution in [0.3, 0.4) is 0 Å². The van der Waals surface area contributed by atoms with E-state index in [2.05, 4.69) is 20.6 Å². The molecule has 0 aliphatic rings. The molecule has 128 valence electrons. The smallest absolute Gasteiger partial charge is 0.252 e. The molecule has 8 heteroatoms. The molecule has 0 unspecified atom stereocenters. The van der Waals surface area contributed by atoms with Crippen LogP contribution in [-0.4, -0.2) is 37.1 Å². The van der Waals surface area contributed by atoms with Crippen molar-refractivity contribution in [1.82, 2.24) is 10.3 Å². The maximum Gasteiger partial charge on any atom is 0.252 e. The van der Waals surface area contributed by atoms with E-state index in [-0.39, 0.29) is 35.8 Å². The number of carbonyl (C=O) groups excluding carboxylic acids is 1. The number of ether oxygens (including phenoxy) is 1. The highest BCUT2D eigenvalue weighted by Gasteiger charge is 2.03. The Balaban J connectivity index is 0.00000288. The zero-order valence-electron chi connectivity index (χ0n) is 13.2. The first kappa shape index (κ1) is 19.7. The largest absolute Gasteiger partial charge is 0.497 e. The Labute approximate surface area is 157 Å². The maximum atomic E-state index is 11.8. The maximum absolute atomic E-state index is 11.8. The first-order valence-corrected chi connectivity index (χ1v) is 7.08. The highest BCUT2D eigenvalue weighted by molar-refractivity contribution is 14.0. The van der Waals surface area contributed by atoms with E-state index in [9.17, 15) is 4.79 Å². The summed E-state index contributed by atoms with van der Waals surface area (Å²) in [5, 5.41) is 5.71. The molecular weight excluding hydrogens is 421 g/mol. The number of methoxy groups -OCH3 is 1. The summed E-state index contributed by atoms with van der Waals surface area (Å²) < 4.78 is 5.08. The number of guanidine groups is 1. The summed E-state index contributed by atoms with van der Waals surface area (Å²) >= 11 is 0. The standard InChI is InChI=1S/C16H19N5O2.HI/c1-23-14-6-4-13(5-7-14)21-16(17)20-10-9-19-15(22)12-3-2-8-18-11-12;/h2-8,11H,9-10H2,1H3,(H,19,22)(H3,17,20,21);1H. The van der Waals surface area contributed by atoms with Gasteiger partial charge in [-0.05, 0) is 36.4 Å². The fourth-order valence-electron chi connectivity index (χ4n) is 1.81. The Morgan fingerprint density at radius 2 is 2.04 bits per heavy atom. The van der Waals surface area contributed by atoms with Crippen molar-refractivity contribution in [3.8, 4) is 5.75 Å². The van der Waals surface area contributed by atoms with E-state index in [1.165, 1.54) is 6.20 Å². The number of amides is 1. The fourth-order valence-corrected chi connectivity index (χ4v) is 1.81. The molecule has 0 fully saturated rings. The molecule has 4 N–H and O–H groups in total. The molecule has 0 spiro atoms. The van der Waals surface area contributed by atoms with Crippen molar-refractivity contribution in [2.45, 2.75) is 0 Å². The third kappa shape index (κ3) is 6.41. The lowest BCUT2D eigenvalue weighted by Crippen LogP contribution is -2.28. The Morgan fingerprint density at radius 3 is 2.67 bits per heavy atom. The van der Waals surface area contributed by atoms with E-state index in [0.29, 0.717) is 18.7 Å². The summed E-state index contributed by atoms with van der Waals surface area (Å²) in [5.41, 5.74) is 7.12. The van der Waals surface area contributed by atoms with Gasteiger partial charge in [-0.3, -0.25) is 14.8 Å². The minimum Gasteiger partial charge on any atom is -0.497 e. The van der Waals surface area contributed by atoms with Gasteiger partial charge < -0.3 is 21.1 Å². The van der Waals surface area contributed by atoms with E-state index >= 15 is 0 Å². The normalized spacial score (nSPS) is 10.5. The Hall–Kier alpha value is -2.36. The molecule has 2 aromatic rings. The minimum atomic E-state index is -0.185. The first-order valence-electron chi connectivity index (χ1n) is 7.08. The molecule has 1 heterocycles. The van der Waals surface area contributed by atoms with Crippen LogP contribution in [0, 0.1) is 0 Å². The van der Waals surface area contributed by atoms with Gasteiger partial charge in [0, 0.05) is 24.6 Å². The van der Waals surface area contributed by atoms with Crippen LogP contribution in [0.1, 0.15) is 10.4 Å². The molecule has 2 rings (SSSR count). The highest BCUT2D eigenvalue weighted by Crippen LogP contribution is 2.14. The van der Waals surface area contributed by atoms with E-state index in [0.717, 1.165) is 11.4 Å². The van der Waals surface area contributed by atoms with Gasteiger partial charge in [0.15, 0.2) is 5.96 Å². The Morgan fingerprint density at radius 1 is 1.29 bits per heavy atom. The molecule has 0 saturated heterocycles. The molecule has 1 amide bonds. The van der Waals surface area contributed by atoms with Gasteiger partial charge in [-0.2, -0.15) is 0 Å². The fraction of sp³-hybridized carbons (Fsp3) is 0.188. The quantitative estimate of drug-likeness (QED) is 0.275. The predicted octanol–water partition coefficient (Wildman–Crippen LogP) is 1.86. The van der Waals surface area contributed by atoms with Crippen LogP contribution >= 0.6 is 24.0 Å². The lowest BCUT2D eigenvalue weighted by atomic mass is 10.3. The third-order valence-corrected chi connectivity index (χ3v) is 2.97. The van der Waals surface area contributed by atoms with Gasteiger partial charge in [0.1, 0.15) is 5.75 Å². The predicted molar refractivity (Wildman–Crippen MR) is 105 cm³/mol. The number of halogens is 1. The molecule has 7 nitrogen and oxygen atoms in total. The van der Waals surface area contributed by atoms with E-state index in [1.807, 2.05) is 24.3 Å². The summed E-state index contributed by atoms with van der Waals surface area (Å²) in [7, 11) is 1.61. The molecule has 0 aliphatic carbocycles. The number of nitrogens with one attached hydrogen (secondary N) is 2. The van der Waals surface area contributed by atoms with Crippen molar-refractivity contribution in [2.75, 3.05) is 25.5 Å². The van der Waals surface area contributed by atoms with Crippen LogP contribution in [0.2, 0.25) is 0 Å². The monoisotopic (exact) mass is 441 g/mol. The van der Waals surface area contributed by atoms with Crippen molar-refractivity contribution in [3.05, 3.63) is 54.4 Å². The zero-order chi connectivity index (χ0) is 16.5. The van der Waals surface area contributed by atoms with Crippen molar-refractivity contribution in [3.63, 3.8) is 0 Å². The molecule has 0 aliphatic heterocycles. The number of pyridine rings is 1. The number of nitrogens with two attached hydrogens (primary N) is 1. The van der Waals surface area contributed by atoms with Gasteiger partial charge in [0.05, 0.1) is 19.2 Å². The Bertz CT molecular complexity index is 662. The average molecular weight is 441 g/mol. The van der Waals surface area contributed by atoms with Gasteiger partial charge in [0.2, 0.25) is 0 Å². The highest BCUT2D eigenvalue weighted by atomic mass is 127. The van der Waals surface area contributed by atoms with Crippen LogP contribution in [0.4, 0.5) is 5.69 Å². The molecule has 0 radical (unpaired) electrons. The van der Waals surface area contributed by atoms with Gasteiger partial charge in [-0.25, -0.2) is 0 Å². The van der Waals surface area contributed by atoms with E-state index < -0.39 is 0 Å². The van der Waals surface area contributed by atoms with E-state index in [4.69, 9.17) is 10.5 Å². The molecule has 1 aromatic carbocycles. The number of anilines is 1. The SMILES string of the molecule is COc1ccc(NC(N)=NCCNC(=O)c2cccnc2)cc1.I. The van der Waals surface area contributed by atoms with Crippen molar-refractivity contribution in [1.29, 1.82) is 0 Å². The molecule has 24 heavy (non-hydrogen) atoms. The third-order valence-electron chi connectivity index (χ3n) is 2.97. The summed E-state index contributed by atoms with van der Waals surface area (Å²) in [4.78, 5) is 19.8. The lowest BCUT2D eigenvalue weighted by Gasteiger charge is -2.07. The van der Waals surface area contributed by atoms with Gasteiger partial charge in [0.25, 0.3) is 5.91 Å². The molecule has 0 bridgehead atoms. The summed E-state index contributed by atoms with van der Waals surface area (Å²) in [6.45, 7) is 0.764. The first-order chi connectivity index (χ1) is 11.2. The Kier molecular flexibility index (Phi) is 8.55. The van der Waals surface area contributed by atoms with Crippen molar-refractivity contribution < 1.29 is 9.53 Å². The number of hydrogen-bond donors (Lipinski definition) is 3.